The zero-order valence-corrected chi connectivity index (χ0v) is 46.7. The highest BCUT2D eigenvalue weighted by molar-refractivity contribution is 5.89. The van der Waals surface area contributed by atoms with Crippen LogP contribution in [0.4, 0.5) is 17.1 Å². The Morgan fingerprint density at radius 3 is 2.09 bits per heavy atom. The summed E-state index contributed by atoms with van der Waals surface area (Å²) in [5.41, 5.74) is 17.0. The molecule has 0 amide bonds. The highest BCUT2D eigenvalue weighted by Crippen LogP contribution is 2.59. The summed E-state index contributed by atoms with van der Waals surface area (Å²) >= 11 is 0. The van der Waals surface area contributed by atoms with E-state index in [0.717, 1.165) is 69.2 Å². The fourth-order valence-electron chi connectivity index (χ4n) is 15.1. The van der Waals surface area contributed by atoms with Crippen molar-refractivity contribution in [2.75, 3.05) is 11.5 Å². The summed E-state index contributed by atoms with van der Waals surface area (Å²) in [7, 11) is 0. The van der Waals surface area contributed by atoms with Crippen LogP contribution in [0.5, 0.6) is 0 Å². The topological polar surface area (TPSA) is 17.4 Å². The molecule has 9 atom stereocenters. The summed E-state index contributed by atoms with van der Waals surface area (Å²) in [5.74, 6) is 2.25. The largest absolute Gasteiger partial charge is 0.374 e. The van der Waals surface area contributed by atoms with Crippen LogP contribution < -0.4 is 15.5 Å². The van der Waals surface area contributed by atoms with Crippen molar-refractivity contribution in [2.45, 2.75) is 87.7 Å². The number of nitrogens with zero attached hydrogens (tertiary/aromatic N) is 2. The standard InChI is InChI=1S/C78H74N2O/c1-3-54-25-29-56(30-26-54)59-33-34-61-50-69(43-37-60(61)49-59)81-48-16-47-78(64-17-8-5-9-18-64)74-24-15-14-23-70(74)71-44-42-68(53-75(71)78)79(65-19-10-6-11-20-65)67-40-35-58(36-41-67)63-39-46-77-73(52-63)72-51-62(57-31-27-55(4-2)28-32-57)38-45-76(72)80(77)66-21-12-7-13-22-66/h3-12,14-15,17-20,23-25,27,29-37,39-46,51-55,59,62,66,69-70,74H,1-2,13,16,21-22,26,28,38,47-50H2. The highest BCUT2D eigenvalue weighted by Gasteiger charge is 2.51. The number of ether oxygens (including phenoxy) is 1. The van der Waals surface area contributed by atoms with Gasteiger partial charge in [0.2, 0.25) is 0 Å². The van der Waals surface area contributed by atoms with Crippen molar-refractivity contribution in [3.05, 3.63) is 293 Å². The smallest absolute Gasteiger partial charge is 0.0799 e. The molecule has 81 heavy (non-hydrogen) atoms. The van der Waals surface area contributed by atoms with E-state index in [2.05, 4.69) is 265 Å². The molecule has 0 saturated heterocycles. The van der Waals surface area contributed by atoms with Crippen LogP contribution in [0.1, 0.15) is 92.9 Å². The molecule has 3 heteroatoms. The summed E-state index contributed by atoms with van der Waals surface area (Å²) in [6.07, 6.45) is 57.6. The molecule has 8 aliphatic carbocycles. The van der Waals surface area contributed by atoms with Crippen LogP contribution in [-0.4, -0.2) is 17.3 Å². The normalized spacial score (nSPS) is 26.7. The third kappa shape index (κ3) is 9.58. The average Bonchev–Trinajstić information content (AvgIpc) is 4.14. The van der Waals surface area contributed by atoms with E-state index < -0.39 is 0 Å². The number of aromatic nitrogens is 1. The molecule has 8 aliphatic rings. The third-order valence-electron chi connectivity index (χ3n) is 19.4. The number of rotatable bonds is 15. The first-order valence-corrected chi connectivity index (χ1v) is 30.3. The molecular formula is C78H74N2O. The van der Waals surface area contributed by atoms with Crippen molar-refractivity contribution in [1.82, 2.24) is 4.57 Å². The van der Waals surface area contributed by atoms with Crippen molar-refractivity contribution >= 4 is 40.1 Å². The van der Waals surface area contributed by atoms with Crippen LogP contribution in [0, 0.1) is 29.6 Å². The predicted molar refractivity (Wildman–Crippen MR) is 340 cm³/mol. The highest BCUT2D eigenvalue weighted by atomic mass is 16.5. The zero-order valence-electron chi connectivity index (χ0n) is 46.7. The van der Waals surface area contributed by atoms with Crippen LogP contribution in [-0.2, 0) is 10.2 Å². The molecular weight excluding hydrogens is 981 g/mol. The van der Waals surface area contributed by atoms with Gasteiger partial charge in [-0.2, -0.15) is 0 Å². The van der Waals surface area contributed by atoms with E-state index in [4.69, 9.17) is 4.74 Å². The lowest BCUT2D eigenvalue weighted by molar-refractivity contribution is 0.0778. The number of hydrogen-bond donors (Lipinski definition) is 0. The second-order valence-corrected chi connectivity index (χ2v) is 23.9. The molecule has 0 bridgehead atoms. The van der Waals surface area contributed by atoms with Crippen molar-refractivity contribution in [1.29, 1.82) is 0 Å². The quantitative estimate of drug-likeness (QED) is 0.0753. The molecule has 0 saturated carbocycles. The minimum atomic E-state index is -0.250. The molecule has 0 aliphatic heterocycles. The van der Waals surface area contributed by atoms with Crippen molar-refractivity contribution in [3.8, 4) is 11.1 Å². The Labute approximate surface area is 480 Å². The zero-order chi connectivity index (χ0) is 54.3. The molecule has 3 nitrogen and oxygen atoms in total. The van der Waals surface area contributed by atoms with Crippen molar-refractivity contribution < 1.29 is 4.74 Å². The Kier molecular flexibility index (Phi) is 14.0. The Morgan fingerprint density at radius 2 is 1.33 bits per heavy atom. The minimum absolute atomic E-state index is 0.0795. The van der Waals surface area contributed by atoms with Gasteiger partial charge in [-0.15, -0.1) is 13.2 Å². The molecule has 0 N–H and O–H groups in total. The number of benzene rings is 5. The van der Waals surface area contributed by atoms with E-state index in [-0.39, 0.29) is 23.4 Å². The average molecular weight is 1060 g/mol. The van der Waals surface area contributed by atoms with Crippen LogP contribution in [0.15, 0.2) is 266 Å². The Balaban J connectivity index is 0.764. The predicted octanol–water partition coefficient (Wildman–Crippen LogP) is 18.1. The number of para-hydroxylation sites is 1. The molecule has 0 spiro atoms. The van der Waals surface area contributed by atoms with Gasteiger partial charge >= 0.3 is 0 Å². The molecule has 6 aromatic rings. The number of hydrogen-bond acceptors (Lipinski definition) is 2. The van der Waals surface area contributed by atoms with Gasteiger partial charge < -0.3 is 14.2 Å². The minimum Gasteiger partial charge on any atom is -0.374 e. The van der Waals surface area contributed by atoms with Gasteiger partial charge in [0.15, 0.2) is 0 Å². The van der Waals surface area contributed by atoms with Crippen LogP contribution >= 0.6 is 0 Å². The monoisotopic (exact) mass is 1050 g/mol. The fraction of sp³-hybridized carbons (Fsp3) is 0.256. The molecule has 5 aromatic carbocycles. The summed E-state index contributed by atoms with van der Waals surface area (Å²) in [4.78, 5) is 2.47. The van der Waals surface area contributed by atoms with E-state index >= 15 is 0 Å². The van der Waals surface area contributed by atoms with Gasteiger partial charge in [0.1, 0.15) is 0 Å². The van der Waals surface area contributed by atoms with Gasteiger partial charge in [-0.05, 0) is 168 Å². The Morgan fingerprint density at radius 1 is 0.617 bits per heavy atom. The molecule has 1 aromatic heterocycles. The van der Waals surface area contributed by atoms with E-state index in [0.29, 0.717) is 36.3 Å². The molecule has 1 heterocycles. The lowest BCUT2D eigenvalue weighted by atomic mass is 9.64. The molecule has 9 unspecified atom stereocenters. The van der Waals surface area contributed by atoms with Gasteiger partial charge in [0.05, 0.1) is 6.10 Å². The number of fused-ring (bicyclic) bond motifs is 6. The van der Waals surface area contributed by atoms with Crippen LogP contribution in [0.25, 0.3) is 34.2 Å². The van der Waals surface area contributed by atoms with Crippen LogP contribution in [0.3, 0.4) is 0 Å². The summed E-state index contributed by atoms with van der Waals surface area (Å²) in [6, 6.07) is 46.8. The SMILES string of the molecule is C=CC1C=CC(C2C=c3c(n(C4CC=CCC4)c4ccc(-c5ccc(N(c6ccccc6)c6ccc7c(c6)C(CCCOC6C=CC8=C(C=CC(C9=CCC(C=C)C=C9)C8)C6)(c6ccccc6)C6C=CC=CC76)cc5)cc34)=CC2)=CC1. The summed E-state index contributed by atoms with van der Waals surface area (Å²) in [5, 5.41) is 4.15. The number of anilines is 3. The fourth-order valence-corrected chi connectivity index (χ4v) is 15.1. The maximum atomic E-state index is 6.85. The van der Waals surface area contributed by atoms with E-state index in [1.54, 1.807) is 0 Å². The van der Waals surface area contributed by atoms with E-state index in [1.165, 1.54) is 83.7 Å². The van der Waals surface area contributed by atoms with Gasteiger partial charge in [-0.25, -0.2) is 0 Å². The first-order valence-electron chi connectivity index (χ1n) is 30.3. The van der Waals surface area contributed by atoms with Crippen molar-refractivity contribution in [3.63, 3.8) is 0 Å². The van der Waals surface area contributed by atoms with Gasteiger partial charge in [-0.1, -0.05) is 194 Å². The Hall–Kier alpha value is -7.98. The Bertz CT molecular complexity index is 3860. The summed E-state index contributed by atoms with van der Waals surface area (Å²) in [6.45, 7) is 8.78. The van der Waals surface area contributed by atoms with Gasteiger partial charge in [0, 0.05) is 86.7 Å². The number of allylic oxidation sites excluding steroid dienone is 20. The van der Waals surface area contributed by atoms with Gasteiger partial charge in [0.25, 0.3) is 0 Å². The molecule has 0 radical (unpaired) electrons. The van der Waals surface area contributed by atoms with Crippen molar-refractivity contribution in [2.24, 2.45) is 29.6 Å². The second-order valence-electron chi connectivity index (χ2n) is 23.9. The lowest BCUT2D eigenvalue weighted by Gasteiger charge is -2.39. The maximum absolute atomic E-state index is 6.85. The summed E-state index contributed by atoms with van der Waals surface area (Å²) < 4.78 is 9.53. The van der Waals surface area contributed by atoms with Crippen LogP contribution in [0.2, 0.25) is 0 Å². The van der Waals surface area contributed by atoms with Gasteiger partial charge in [-0.3, -0.25) is 0 Å². The first kappa shape index (κ1) is 51.2. The second kappa shape index (κ2) is 22.2. The molecule has 14 rings (SSSR count). The van der Waals surface area contributed by atoms with E-state index in [9.17, 15) is 0 Å². The molecule has 0 fully saturated rings. The van der Waals surface area contributed by atoms with E-state index in [1.807, 2.05) is 0 Å². The first-order chi connectivity index (χ1) is 40.0. The maximum Gasteiger partial charge on any atom is 0.0799 e. The lowest BCUT2D eigenvalue weighted by Crippen LogP contribution is -2.35. The third-order valence-corrected chi connectivity index (χ3v) is 19.4. The molecule has 402 valence electrons.